The quantitative estimate of drug-likeness (QED) is 0.872. The summed E-state index contributed by atoms with van der Waals surface area (Å²) >= 11 is 0. The molecular formula is C15H23NO3S. The molecule has 1 heterocycles. The van der Waals surface area contributed by atoms with Crippen LogP contribution in [-0.4, -0.2) is 32.6 Å². The van der Waals surface area contributed by atoms with Crippen molar-refractivity contribution in [1.29, 1.82) is 0 Å². The highest BCUT2D eigenvalue weighted by molar-refractivity contribution is 7.91. The molecule has 1 fully saturated rings. The lowest BCUT2D eigenvalue weighted by molar-refractivity contribution is 0.226. The number of hydrogen-bond donors (Lipinski definition) is 1. The molecule has 0 spiro atoms. The first-order chi connectivity index (χ1) is 9.46. The van der Waals surface area contributed by atoms with Crippen molar-refractivity contribution in [2.24, 2.45) is 5.92 Å². The Labute approximate surface area is 121 Å². The average Bonchev–Trinajstić information content (AvgIpc) is 2.70. The summed E-state index contributed by atoms with van der Waals surface area (Å²) in [6, 6.07) is 7.83. The Hall–Kier alpha value is -1.07. The van der Waals surface area contributed by atoms with Crippen molar-refractivity contribution >= 4 is 9.84 Å². The molecule has 1 aliphatic heterocycles. The zero-order valence-electron chi connectivity index (χ0n) is 12.1. The van der Waals surface area contributed by atoms with E-state index in [4.69, 9.17) is 4.74 Å². The molecule has 112 valence electrons. The van der Waals surface area contributed by atoms with E-state index in [1.807, 2.05) is 24.3 Å². The molecule has 1 aliphatic rings. The van der Waals surface area contributed by atoms with E-state index in [0.717, 1.165) is 24.4 Å². The van der Waals surface area contributed by atoms with E-state index in [2.05, 4.69) is 19.2 Å². The Morgan fingerprint density at radius 2 is 2.10 bits per heavy atom. The van der Waals surface area contributed by atoms with Crippen molar-refractivity contribution < 1.29 is 13.2 Å². The molecule has 1 atom stereocenters. The minimum absolute atomic E-state index is 0.140. The molecule has 1 aromatic rings. The third-order valence-corrected chi connectivity index (χ3v) is 5.06. The zero-order valence-corrected chi connectivity index (χ0v) is 12.9. The Morgan fingerprint density at radius 1 is 1.35 bits per heavy atom. The molecule has 5 heteroatoms. The van der Waals surface area contributed by atoms with Gasteiger partial charge in [-0.25, -0.2) is 8.42 Å². The fraction of sp³-hybridized carbons (Fsp3) is 0.600. The smallest absolute Gasteiger partial charge is 0.154 e. The number of hydrogen-bond acceptors (Lipinski definition) is 4. The lowest BCUT2D eigenvalue weighted by Gasteiger charge is -2.16. The van der Waals surface area contributed by atoms with E-state index in [-0.39, 0.29) is 17.6 Å². The largest absolute Gasteiger partial charge is 0.489 e. The van der Waals surface area contributed by atoms with Crippen LogP contribution in [0.4, 0.5) is 0 Å². The van der Waals surface area contributed by atoms with Gasteiger partial charge in [0.2, 0.25) is 0 Å². The molecule has 0 amide bonds. The van der Waals surface area contributed by atoms with Gasteiger partial charge < -0.3 is 10.1 Å². The molecule has 0 aromatic heterocycles. The van der Waals surface area contributed by atoms with E-state index in [1.54, 1.807) is 0 Å². The zero-order chi connectivity index (χ0) is 14.6. The molecule has 20 heavy (non-hydrogen) atoms. The van der Waals surface area contributed by atoms with Crippen LogP contribution in [0.1, 0.15) is 25.8 Å². The fourth-order valence-corrected chi connectivity index (χ4v) is 3.88. The van der Waals surface area contributed by atoms with Crippen LogP contribution in [0, 0.1) is 5.92 Å². The van der Waals surface area contributed by atoms with E-state index in [1.165, 1.54) is 0 Å². The standard InChI is InChI=1S/C15H23NO3S/c1-12(2)9-16-10-13-5-3-4-6-15(13)19-14-7-8-20(17,18)11-14/h3-6,12,14,16H,7-11H2,1-2H3. The second-order valence-corrected chi connectivity index (χ2v) is 8.00. The molecule has 1 saturated heterocycles. The first-order valence-corrected chi connectivity index (χ1v) is 8.94. The average molecular weight is 297 g/mol. The Morgan fingerprint density at radius 3 is 2.75 bits per heavy atom. The van der Waals surface area contributed by atoms with E-state index in [0.29, 0.717) is 12.3 Å². The molecule has 1 aromatic carbocycles. The summed E-state index contributed by atoms with van der Waals surface area (Å²) in [4.78, 5) is 0. The fourth-order valence-electron chi connectivity index (χ4n) is 2.29. The van der Waals surface area contributed by atoms with Gasteiger partial charge in [0.05, 0.1) is 11.5 Å². The van der Waals surface area contributed by atoms with Crippen LogP contribution in [0.5, 0.6) is 5.75 Å². The second-order valence-electron chi connectivity index (χ2n) is 5.78. The summed E-state index contributed by atoms with van der Waals surface area (Å²) in [7, 11) is -2.90. The summed E-state index contributed by atoms with van der Waals surface area (Å²) in [5, 5.41) is 3.38. The number of rotatable bonds is 6. The van der Waals surface area contributed by atoms with Crippen LogP contribution in [0.25, 0.3) is 0 Å². The Kier molecular flexibility index (Phi) is 5.05. The van der Waals surface area contributed by atoms with Gasteiger partial charge >= 0.3 is 0 Å². The topological polar surface area (TPSA) is 55.4 Å². The number of nitrogens with one attached hydrogen (secondary N) is 1. The number of benzene rings is 1. The summed E-state index contributed by atoms with van der Waals surface area (Å²) in [6.07, 6.45) is 0.391. The van der Waals surface area contributed by atoms with Gasteiger partial charge in [-0.1, -0.05) is 32.0 Å². The summed E-state index contributed by atoms with van der Waals surface area (Å²) < 4.78 is 28.8. The molecule has 0 bridgehead atoms. The van der Waals surface area contributed by atoms with Crippen molar-refractivity contribution in [3.8, 4) is 5.75 Å². The van der Waals surface area contributed by atoms with Crippen molar-refractivity contribution in [2.75, 3.05) is 18.1 Å². The molecule has 0 radical (unpaired) electrons. The van der Waals surface area contributed by atoms with Gasteiger partial charge in [0, 0.05) is 12.1 Å². The van der Waals surface area contributed by atoms with Gasteiger partial charge in [-0.3, -0.25) is 0 Å². The van der Waals surface area contributed by atoms with Crippen molar-refractivity contribution in [3.05, 3.63) is 29.8 Å². The van der Waals surface area contributed by atoms with Gasteiger partial charge in [-0.2, -0.15) is 0 Å². The maximum absolute atomic E-state index is 11.5. The lowest BCUT2D eigenvalue weighted by Crippen LogP contribution is -2.21. The van der Waals surface area contributed by atoms with Gasteiger partial charge in [0.1, 0.15) is 11.9 Å². The molecule has 0 aliphatic carbocycles. The van der Waals surface area contributed by atoms with Crippen LogP contribution in [0.3, 0.4) is 0 Å². The maximum atomic E-state index is 11.5. The van der Waals surface area contributed by atoms with Crippen LogP contribution in [0.15, 0.2) is 24.3 Å². The molecule has 1 unspecified atom stereocenters. The third-order valence-electron chi connectivity index (χ3n) is 3.32. The Bertz CT molecular complexity index is 540. The lowest BCUT2D eigenvalue weighted by atomic mass is 10.1. The summed E-state index contributed by atoms with van der Waals surface area (Å²) in [5.41, 5.74) is 1.08. The minimum Gasteiger partial charge on any atom is -0.489 e. The molecule has 1 N–H and O–H groups in total. The predicted octanol–water partition coefficient (Wildman–Crippen LogP) is 2.00. The highest BCUT2D eigenvalue weighted by Gasteiger charge is 2.29. The molecule has 4 nitrogen and oxygen atoms in total. The predicted molar refractivity (Wildman–Crippen MR) is 80.7 cm³/mol. The van der Waals surface area contributed by atoms with Crippen LogP contribution < -0.4 is 10.1 Å². The number of sulfone groups is 1. The Balaban J connectivity index is 1.97. The maximum Gasteiger partial charge on any atom is 0.154 e. The highest BCUT2D eigenvalue weighted by atomic mass is 32.2. The number of ether oxygens (including phenoxy) is 1. The second kappa shape index (κ2) is 6.59. The SMILES string of the molecule is CC(C)CNCc1ccccc1OC1CCS(=O)(=O)C1. The first-order valence-electron chi connectivity index (χ1n) is 7.12. The van der Waals surface area contributed by atoms with Gasteiger partial charge in [-0.05, 0) is 24.9 Å². The molecule has 0 saturated carbocycles. The monoisotopic (exact) mass is 297 g/mol. The van der Waals surface area contributed by atoms with E-state index < -0.39 is 9.84 Å². The van der Waals surface area contributed by atoms with Crippen molar-refractivity contribution in [1.82, 2.24) is 5.32 Å². The third kappa shape index (κ3) is 4.49. The molecular weight excluding hydrogens is 274 g/mol. The van der Waals surface area contributed by atoms with Crippen LogP contribution in [-0.2, 0) is 16.4 Å². The van der Waals surface area contributed by atoms with Crippen LogP contribution in [0.2, 0.25) is 0 Å². The van der Waals surface area contributed by atoms with E-state index >= 15 is 0 Å². The van der Waals surface area contributed by atoms with E-state index in [9.17, 15) is 8.42 Å². The van der Waals surface area contributed by atoms with Crippen molar-refractivity contribution in [2.45, 2.75) is 32.9 Å². The number of para-hydroxylation sites is 1. The van der Waals surface area contributed by atoms with Crippen LogP contribution >= 0.6 is 0 Å². The summed E-state index contributed by atoms with van der Waals surface area (Å²) in [6.45, 7) is 6.03. The molecule has 2 rings (SSSR count). The highest BCUT2D eigenvalue weighted by Crippen LogP contribution is 2.23. The van der Waals surface area contributed by atoms with Gasteiger partial charge in [0.15, 0.2) is 9.84 Å². The minimum atomic E-state index is -2.90. The van der Waals surface area contributed by atoms with Gasteiger partial charge in [-0.15, -0.1) is 0 Å². The summed E-state index contributed by atoms with van der Waals surface area (Å²) in [5.74, 6) is 1.78. The normalized spacial score (nSPS) is 21.2. The van der Waals surface area contributed by atoms with Gasteiger partial charge in [0.25, 0.3) is 0 Å². The first kappa shape index (κ1) is 15.3. The van der Waals surface area contributed by atoms with Crippen molar-refractivity contribution in [3.63, 3.8) is 0 Å².